The van der Waals surface area contributed by atoms with Crippen LogP contribution in [-0.4, -0.2) is 35.1 Å². The van der Waals surface area contributed by atoms with Gasteiger partial charge in [0.1, 0.15) is 16.5 Å². The predicted octanol–water partition coefficient (Wildman–Crippen LogP) is 3.37. The van der Waals surface area contributed by atoms with Gasteiger partial charge in [-0.1, -0.05) is 0 Å². The van der Waals surface area contributed by atoms with Gasteiger partial charge in [0, 0.05) is 35.2 Å². The number of carbonyl (C=O) groups is 1. The van der Waals surface area contributed by atoms with Gasteiger partial charge in [-0.25, -0.2) is 4.98 Å². The molecule has 0 unspecified atom stereocenters. The summed E-state index contributed by atoms with van der Waals surface area (Å²) in [7, 11) is 3.08. The quantitative estimate of drug-likeness (QED) is 0.448. The van der Waals surface area contributed by atoms with Gasteiger partial charge in [-0.05, 0) is 24.3 Å². The fraction of sp³-hybridized carbons (Fsp3) is 0.158. The molecule has 1 aromatic heterocycles. The Morgan fingerprint density at radius 2 is 1.97 bits per heavy atom. The number of hydrogen-bond donors (Lipinski definition) is 2. The van der Waals surface area contributed by atoms with Gasteiger partial charge in [0.2, 0.25) is 0 Å². The number of aromatic nitrogens is 1. The van der Waals surface area contributed by atoms with Crippen molar-refractivity contribution in [2.24, 2.45) is 0 Å². The third kappa shape index (κ3) is 4.43. The van der Waals surface area contributed by atoms with Gasteiger partial charge in [0.05, 0.1) is 19.1 Å². The van der Waals surface area contributed by atoms with Crippen molar-refractivity contribution in [3.8, 4) is 27.8 Å². The second-order valence-corrected chi connectivity index (χ2v) is 6.72. The number of nitrogens with one attached hydrogen (secondary N) is 1. The standard InChI is InChI=1S/C19H17N3O6S/c1-27-16-6-3-11(8-17(16)28-2)19-21-14(10-29-19)18(24)20-9-12-7-13(22(25)26)4-5-15(12)23/h3-8,10,23H,9H2,1-2H3,(H,20,24). The van der Waals surface area contributed by atoms with Crippen LogP contribution in [0.1, 0.15) is 16.1 Å². The van der Waals surface area contributed by atoms with Crippen molar-refractivity contribution in [1.82, 2.24) is 10.3 Å². The summed E-state index contributed by atoms with van der Waals surface area (Å²) in [6.07, 6.45) is 0. The maximum Gasteiger partial charge on any atom is 0.271 e. The molecule has 2 aromatic carbocycles. The van der Waals surface area contributed by atoms with E-state index in [0.29, 0.717) is 16.5 Å². The van der Waals surface area contributed by atoms with E-state index in [4.69, 9.17) is 9.47 Å². The number of non-ortho nitro benzene ring substituents is 1. The first kappa shape index (κ1) is 20.1. The highest BCUT2D eigenvalue weighted by Gasteiger charge is 2.15. The van der Waals surface area contributed by atoms with Crippen LogP contribution in [0.15, 0.2) is 41.8 Å². The van der Waals surface area contributed by atoms with E-state index in [1.807, 2.05) is 6.07 Å². The molecule has 29 heavy (non-hydrogen) atoms. The van der Waals surface area contributed by atoms with Gasteiger partial charge >= 0.3 is 0 Å². The van der Waals surface area contributed by atoms with Gasteiger partial charge in [0.25, 0.3) is 11.6 Å². The van der Waals surface area contributed by atoms with Crippen molar-refractivity contribution in [2.45, 2.75) is 6.54 Å². The highest BCUT2D eigenvalue weighted by molar-refractivity contribution is 7.13. The van der Waals surface area contributed by atoms with Crippen molar-refractivity contribution in [2.75, 3.05) is 14.2 Å². The Morgan fingerprint density at radius 3 is 2.66 bits per heavy atom. The van der Waals surface area contributed by atoms with Gasteiger partial charge in [-0.2, -0.15) is 0 Å². The van der Waals surface area contributed by atoms with E-state index in [1.54, 1.807) is 24.6 Å². The Kier molecular flexibility index (Phi) is 5.93. The summed E-state index contributed by atoms with van der Waals surface area (Å²) >= 11 is 1.29. The molecule has 3 aromatic rings. The van der Waals surface area contributed by atoms with Crippen LogP contribution < -0.4 is 14.8 Å². The topological polar surface area (TPSA) is 124 Å². The number of nitro groups is 1. The normalized spacial score (nSPS) is 10.4. The van der Waals surface area contributed by atoms with E-state index in [2.05, 4.69) is 10.3 Å². The second-order valence-electron chi connectivity index (χ2n) is 5.86. The lowest BCUT2D eigenvalue weighted by molar-refractivity contribution is -0.384. The van der Waals surface area contributed by atoms with E-state index < -0.39 is 10.8 Å². The van der Waals surface area contributed by atoms with E-state index in [9.17, 15) is 20.0 Å². The Balaban J connectivity index is 1.73. The number of amides is 1. The van der Waals surface area contributed by atoms with Crippen molar-refractivity contribution < 1.29 is 24.3 Å². The molecule has 0 aliphatic carbocycles. The van der Waals surface area contributed by atoms with Crippen LogP contribution in [0, 0.1) is 10.1 Å². The summed E-state index contributed by atoms with van der Waals surface area (Å²) in [4.78, 5) is 27.0. The Hall–Kier alpha value is -3.66. The van der Waals surface area contributed by atoms with Crippen molar-refractivity contribution >= 4 is 22.9 Å². The number of rotatable bonds is 7. The zero-order valence-electron chi connectivity index (χ0n) is 15.5. The van der Waals surface area contributed by atoms with Crippen LogP contribution in [0.5, 0.6) is 17.2 Å². The highest BCUT2D eigenvalue weighted by Crippen LogP contribution is 2.33. The maximum atomic E-state index is 12.4. The van der Waals surface area contributed by atoms with Crippen molar-refractivity contribution in [1.29, 1.82) is 0 Å². The third-order valence-electron chi connectivity index (χ3n) is 4.08. The molecular weight excluding hydrogens is 398 g/mol. The molecule has 0 aliphatic heterocycles. The highest BCUT2D eigenvalue weighted by atomic mass is 32.1. The van der Waals surface area contributed by atoms with Gasteiger partial charge in [0.15, 0.2) is 11.5 Å². The zero-order chi connectivity index (χ0) is 21.0. The fourth-order valence-electron chi connectivity index (χ4n) is 2.57. The summed E-state index contributed by atoms with van der Waals surface area (Å²) in [5, 5.41) is 25.5. The molecule has 1 amide bonds. The molecule has 0 atom stereocenters. The Bertz CT molecular complexity index is 1070. The first-order valence-electron chi connectivity index (χ1n) is 8.35. The molecule has 150 valence electrons. The smallest absolute Gasteiger partial charge is 0.271 e. The molecule has 10 heteroatoms. The number of aromatic hydroxyl groups is 1. The van der Waals surface area contributed by atoms with Gasteiger partial charge < -0.3 is 19.9 Å². The molecule has 9 nitrogen and oxygen atoms in total. The molecule has 0 bridgehead atoms. The number of thiazole rings is 1. The number of phenols is 1. The van der Waals surface area contributed by atoms with Crippen molar-refractivity contribution in [3.63, 3.8) is 0 Å². The molecule has 0 saturated carbocycles. The number of ether oxygens (including phenoxy) is 2. The Morgan fingerprint density at radius 1 is 1.21 bits per heavy atom. The zero-order valence-corrected chi connectivity index (χ0v) is 16.4. The summed E-state index contributed by atoms with van der Waals surface area (Å²) in [6, 6.07) is 8.95. The number of methoxy groups -OCH3 is 2. The first-order valence-corrected chi connectivity index (χ1v) is 9.23. The third-order valence-corrected chi connectivity index (χ3v) is 4.97. The van der Waals surface area contributed by atoms with E-state index in [-0.39, 0.29) is 29.2 Å². The maximum absolute atomic E-state index is 12.4. The predicted molar refractivity (Wildman–Crippen MR) is 107 cm³/mol. The van der Waals surface area contributed by atoms with Crippen LogP contribution in [0.25, 0.3) is 10.6 Å². The average molecular weight is 415 g/mol. The number of benzene rings is 2. The summed E-state index contributed by atoms with van der Waals surface area (Å²) in [5.41, 5.74) is 1.03. The summed E-state index contributed by atoms with van der Waals surface area (Å²) < 4.78 is 10.5. The lowest BCUT2D eigenvalue weighted by Crippen LogP contribution is -2.23. The van der Waals surface area contributed by atoms with Crippen LogP contribution in [-0.2, 0) is 6.54 Å². The van der Waals surface area contributed by atoms with E-state index in [0.717, 1.165) is 5.56 Å². The first-order chi connectivity index (χ1) is 13.9. The fourth-order valence-corrected chi connectivity index (χ4v) is 3.37. The molecule has 0 aliphatic rings. The second kappa shape index (κ2) is 8.57. The molecule has 2 N–H and O–H groups in total. The summed E-state index contributed by atoms with van der Waals surface area (Å²) in [5.74, 6) is 0.536. The molecule has 1 heterocycles. The minimum Gasteiger partial charge on any atom is -0.508 e. The Labute approximate surface area is 169 Å². The molecule has 0 fully saturated rings. The SMILES string of the molecule is COc1ccc(-c2nc(C(=O)NCc3cc([N+](=O)[O-])ccc3O)cs2)cc1OC. The molecule has 3 rings (SSSR count). The number of nitro benzene ring substituents is 1. The lowest BCUT2D eigenvalue weighted by atomic mass is 10.1. The van der Waals surface area contributed by atoms with Crippen LogP contribution in [0.3, 0.4) is 0 Å². The van der Waals surface area contributed by atoms with Crippen molar-refractivity contribution in [3.05, 3.63) is 63.1 Å². The van der Waals surface area contributed by atoms with Crippen LogP contribution >= 0.6 is 11.3 Å². The van der Waals surface area contributed by atoms with E-state index >= 15 is 0 Å². The number of carbonyl (C=O) groups excluding carboxylic acids is 1. The number of nitrogens with zero attached hydrogens (tertiary/aromatic N) is 2. The largest absolute Gasteiger partial charge is 0.508 e. The molecule has 0 saturated heterocycles. The van der Waals surface area contributed by atoms with Gasteiger partial charge in [-0.3, -0.25) is 14.9 Å². The summed E-state index contributed by atoms with van der Waals surface area (Å²) in [6.45, 7) is -0.0738. The van der Waals surface area contributed by atoms with Crippen LogP contribution in [0.4, 0.5) is 5.69 Å². The average Bonchev–Trinajstić information content (AvgIpc) is 3.22. The van der Waals surface area contributed by atoms with E-state index in [1.165, 1.54) is 36.6 Å². The minimum atomic E-state index is -0.569. The monoisotopic (exact) mass is 415 g/mol. The number of hydrogen-bond acceptors (Lipinski definition) is 8. The lowest BCUT2D eigenvalue weighted by Gasteiger charge is -2.08. The number of phenolic OH excluding ortho intramolecular Hbond substituents is 1. The molecule has 0 radical (unpaired) electrons. The minimum absolute atomic E-state index is 0.0738. The van der Waals surface area contributed by atoms with Crippen LogP contribution in [0.2, 0.25) is 0 Å². The molecular formula is C19H17N3O6S. The molecule has 0 spiro atoms. The van der Waals surface area contributed by atoms with Gasteiger partial charge in [-0.15, -0.1) is 11.3 Å².